The van der Waals surface area contributed by atoms with E-state index < -0.39 is 22.0 Å². The highest BCUT2D eigenvalue weighted by Crippen LogP contribution is 2.33. The van der Waals surface area contributed by atoms with Crippen LogP contribution in [0.4, 0.5) is 5.69 Å². The number of carbonyl (C=O) groups is 2. The molecule has 0 spiro atoms. The van der Waals surface area contributed by atoms with E-state index in [0.29, 0.717) is 22.0 Å². The molecule has 0 fully saturated rings. The van der Waals surface area contributed by atoms with Gasteiger partial charge in [0.25, 0.3) is 5.91 Å². The molecule has 3 rings (SSSR count). The molecule has 1 N–H and O–H groups in total. The average Bonchev–Trinajstić information content (AvgIpc) is 2.85. The standard InChI is InChI=1S/C23H26ClN3O4S/c1-4-15(2)21-23(29)27(13-12-20(28)26-32(3,30)31)19-11-10-17(24)14-18(19)22(25-21)16-8-6-5-7-9-16/h5-11,14-15,21H,4,12-13H2,1-3H3,(H,26,28)/t15-,21-/m0/s1. The first-order valence-electron chi connectivity index (χ1n) is 10.4. The van der Waals surface area contributed by atoms with E-state index in [1.165, 1.54) is 4.90 Å². The van der Waals surface area contributed by atoms with Crippen LogP contribution in [0.2, 0.25) is 5.02 Å². The molecule has 2 atom stereocenters. The van der Waals surface area contributed by atoms with Gasteiger partial charge in [-0.1, -0.05) is 62.2 Å². The van der Waals surface area contributed by atoms with E-state index >= 15 is 0 Å². The monoisotopic (exact) mass is 475 g/mol. The Morgan fingerprint density at radius 1 is 1.22 bits per heavy atom. The van der Waals surface area contributed by atoms with Gasteiger partial charge in [0, 0.05) is 29.1 Å². The molecule has 0 bridgehead atoms. The molecular weight excluding hydrogens is 450 g/mol. The predicted octanol–water partition coefficient (Wildman–Crippen LogP) is 3.40. The fourth-order valence-corrected chi connectivity index (χ4v) is 4.29. The van der Waals surface area contributed by atoms with Crippen molar-refractivity contribution in [3.05, 3.63) is 64.7 Å². The molecule has 1 aliphatic heterocycles. The summed E-state index contributed by atoms with van der Waals surface area (Å²) >= 11 is 6.30. The number of hydrogen-bond acceptors (Lipinski definition) is 5. The van der Waals surface area contributed by atoms with Crippen molar-refractivity contribution in [2.45, 2.75) is 32.7 Å². The molecule has 0 aliphatic carbocycles. The lowest BCUT2D eigenvalue weighted by atomic mass is 9.98. The molecule has 0 aromatic heterocycles. The SMILES string of the molecule is CC[C@H](C)[C@@H]1N=C(c2ccccc2)c2cc(Cl)ccc2N(CCC(=O)NS(C)(=O)=O)C1=O. The van der Waals surface area contributed by atoms with Crippen LogP contribution in [0.1, 0.15) is 37.8 Å². The zero-order chi connectivity index (χ0) is 23.5. The summed E-state index contributed by atoms with van der Waals surface area (Å²) in [6, 6.07) is 14.1. The minimum absolute atomic E-state index is 0.0132. The Bertz CT molecular complexity index is 1150. The van der Waals surface area contributed by atoms with E-state index in [-0.39, 0.29) is 24.8 Å². The summed E-state index contributed by atoms with van der Waals surface area (Å²) < 4.78 is 24.7. The van der Waals surface area contributed by atoms with Crippen LogP contribution in [0.15, 0.2) is 53.5 Å². The zero-order valence-corrected chi connectivity index (χ0v) is 19.8. The van der Waals surface area contributed by atoms with Gasteiger partial charge in [0.2, 0.25) is 15.9 Å². The van der Waals surface area contributed by atoms with Crippen molar-refractivity contribution in [1.82, 2.24) is 4.72 Å². The van der Waals surface area contributed by atoms with E-state index in [4.69, 9.17) is 16.6 Å². The molecule has 7 nitrogen and oxygen atoms in total. The van der Waals surface area contributed by atoms with Crippen LogP contribution in [0, 0.1) is 5.92 Å². The molecule has 0 saturated carbocycles. The first kappa shape index (κ1) is 23.9. The Morgan fingerprint density at radius 3 is 2.53 bits per heavy atom. The number of amides is 2. The van der Waals surface area contributed by atoms with Crippen LogP contribution in [0.3, 0.4) is 0 Å². The molecular formula is C23H26ClN3O4S. The maximum atomic E-state index is 13.6. The van der Waals surface area contributed by atoms with Crippen LogP contribution in [0.25, 0.3) is 0 Å². The predicted molar refractivity (Wildman–Crippen MR) is 127 cm³/mol. The number of halogens is 1. The quantitative estimate of drug-likeness (QED) is 0.663. The molecule has 2 aromatic rings. The number of sulfonamides is 1. The third-order valence-electron chi connectivity index (χ3n) is 5.38. The number of anilines is 1. The Hall–Kier alpha value is -2.71. The van der Waals surface area contributed by atoms with E-state index in [1.807, 2.05) is 48.9 Å². The van der Waals surface area contributed by atoms with Crippen LogP contribution in [-0.4, -0.2) is 44.8 Å². The second kappa shape index (κ2) is 9.83. The minimum Gasteiger partial charge on any atom is -0.309 e. The number of benzodiazepines with no additional fused rings is 1. The zero-order valence-electron chi connectivity index (χ0n) is 18.2. The van der Waals surface area contributed by atoms with Gasteiger partial charge in [-0.2, -0.15) is 0 Å². The van der Waals surface area contributed by atoms with Crippen molar-refractivity contribution >= 4 is 44.8 Å². The second-order valence-electron chi connectivity index (χ2n) is 7.87. The lowest BCUT2D eigenvalue weighted by molar-refractivity contribution is -0.121. The molecule has 2 aromatic carbocycles. The summed E-state index contributed by atoms with van der Waals surface area (Å²) in [6.45, 7) is 3.97. The first-order valence-corrected chi connectivity index (χ1v) is 12.6. The van der Waals surface area contributed by atoms with E-state index in [2.05, 4.69) is 0 Å². The summed E-state index contributed by atoms with van der Waals surface area (Å²) in [6.07, 6.45) is 1.48. The number of carbonyl (C=O) groups excluding carboxylic acids is 2. The average molecular weight is 476 g/mol. The Kier molecular flexibility index (Phi) is 7.36. The molecule has 170 valence electrons. The fraction of sp³-hybridized carbons (Fsp3) is 0.348. The highest BCUT2D eigenvalue weighted by molar-refractivity contribution is 7.89. The van der Waals surface area contributed by atoms with Crippen molar-refractivity contribution in [3.63, 3.8) is 0 Å². The molecule has 1 aliphatic rings. The van der Waals surface area contributed by atoms with Crippen molar-refractivity contribution in [3.8, 4) is 0 Å². The topological polar surface area (TPSA) is 95.9 Å². The third-order valence-corrected chi connectivity index (χ3v) is 6.22. The highest BCUT2D eigenvalue weighted by atomic mass is 35.5. The number of fused-ring (bicyclic) bond motifs is 1. The Balaban J connectivity index is 2.10. The number of nitrogens with zero attached hydrogens (tertiary/aromatic N) is 2. The normalized spacial score (nSPS) is 17.2. The van der Waals surface area contributed by atoms with Gasteiger partial charge in [0.05, 0.1) is 17.7 Å². The molecule has 1 heterocycles. The molecule has 0 radical (unpaired) electrons. The highest BCUT2D eigenvalue weighted by Gasteiger charge is 2.35. The smallest absolute Gasteiger partial charge is 0.252 e. The van der Waals surface area contributed by atoms with Crippen LogP contribution < -0.4 is 9.62 Å². The van der Waals surface area contributed by atoms with Gasteiger partial charge in [-0.05, 0) is 24.1 Å². The van der Waals surface area contributed by atoms with E-state index in [0.717, 1.165) is 18.2 Å². The molecule has 2 amide bonds. The number of rotatable bonds is 7. The summed E-state index contributed by atoms with van der Waals surface area (Å²) in [7, 11) is -3.68. The number of nitrogens with one attached hydrogen (secondary N) is 1. The Labute approximate surface area is 193 Å². The van der Waals surface area contributed by atoms with Crippen molar-refractivity contribution in [1.29, 1.82) is 0 Å². The van der Waals surface area contributed by atoms with Crippen molar-refractivity contribution < 1.29 is 18.0 Å². The van der Waals surface area contributed by atoms with Gasteiger partial charge in [-0.25, -0.2) is 8.42 Å². The third kappa shape index (κ3) is 5.55. The van der Waals surface area contributed by atoms with Crippen LogP contribution in [-0.2, 0) is 19.6 Å². The largest absolute Gasteiger partial charge is 0.309 e. The van der Waals surface area contributed by atoms with Gasteiger partial charge < -0.3 is 4.90 Å². The van der Waals surface area contributed by atoms with Crippen LogP contribution >= 0.6 is 11.6 Å². The lowest BCUT2D eigenvalue weighted by Crippen LogP contribution is -2.43. The number of hydrogen-bond donors (Lipinski definition) is 1. The fourth-order valence-electron chi connectivity index (χ4n) is 3.60. The maximum absolute atomic E-state index is 13.6. The van der Waals surface area contributed by atoms with Gasteiger partial charge in [0.1, 0.15) is 6.04 Å². The minimum atomic E-state index is -3.68. The van der Waals surface area contributed by atoms with Crippen molar-refractivity contribution in [2.24, 2.45) is 10.9 Å². The van der Waals surface area contributed by atoms with E-state index in [9.17, 15) is 18.0 Å². The summed E-state index contributed by atoms with van der Waals surface area (Å²) in [4.78, 5) is 32.1. The summed E-state index contributed by atoms with van der Waals surface area (Å²) in [5, 5.41) is 0.497. The second-order valence-corrected chi connectivity index (χ2v) is 10.1. The number of aliphatic imine (C=N–C) groups is 1. The molecule has 0 unspecified atom stereocenters. The lowest BCUT2D eigenvalue weighted by Gasteiger charge is -2.27. The molecule has 32 heavy (non-hydrogen) atoms. The Morgan fingerprint density at radius 2 is 1.91 bits per heavy atom. The van der Waals surface area contributed by atoms with Gasteiger partial charge in [-0.15, -0.1) is 0 Å². The van der Waals surface area contributed by atoms with E-state index in [1.54, 1.807) is 18.2 Å². The van der Waals surface area contributed by atoms with Gasteiger partial charge in [-0.3, -0.25) is 19.3 Å². The summed E-state index contributed by atoms with van der Waals surface area (Å²) in [5.74, 6) is -0.955. The van der Waals surface area contributed by atoms with Crippen molar-refractivity contribution in [2.75, 3.05) is 17.7 Å². The number of benzene rings is 2. The first-order chi connectivity index (χ1) is 15.1. The molecule has 0 saturated heterocycles. The van der Waals surface area contributed by atoms with Gasteiger partial charge >= 0.3 is 0 Å². The van der Waals surface area contributed by atoms with Crippen LogP contribution in [0.5, 0.6) is 0 Å². The maximum Gasteiger partial charge on any atom is 0.252 e. The molecule has 9 heteroatoms. The summed E-state index contributed by atoms with van der Waals surface area (Å²) in [5.41, 5.74) is 2.78. The van der Waals surface area contributed by atoms with Gasteiger partial charge in [0.15, 0.2) is 0 Å².